The minimum absolute atomic E-state index is 0.0598. The summed E-state index contributed by atoms with van der Waals surface area (Å²) in [5.41, 5.74) is 8.49. The number of carbonyl (C=O) groups excluding carboxylic acids is 5. The molecule has 1 spiro atoms. The van der Waals surface area contributed by atoms with E-state index in [4.69, 9.17) is 24.2 Å². The number of morpholine rings is 1. The van der Waals surface area contributed by atoms with E-state index in [0.717, 1.165) is 44.7 Å². The van der Waals surface area contributed by atoms with Crippen molar-refractivity contribution < 1.29 is 38.2 Å². The number of rotatable bonds is 9. The minimum atomic E-state index is -1.11. The molecule has 4 atom stereocenters. The van der Waals surface area contributed by atoms with Crippen LogP contribution in [0.15, 0.2) is 54.6 Å². The first-order valence-electron chi connectivity index (χ1n) is 23.7. The number of aryl methyl sites for hydroxylation is 1. The highest BCUT2D eigenvalue weighted by Gasteiger charge is 2.54. The minimum Gasteiger partial charge on any atom is -0.464 e. The Hall–Kier alpha value is -5.69. The largest absolute Gasteiger partial charge is 0.464 e. The lowest BCUT2D eigenvalue weighted by molar-refractivity contribution is -0.156. The number of hydrazine groups is 1. The fourth-order valence-electron chi connectivity index (χ4n) is 10.3. The molecule has 18 heteroatoms. The van der Waals surface area contributed by atoms with Crippen LogP contribution in [-0.4, -0.2) is 148 Å². The third-order valence-corrected chi connectivity index (χ3v) is 14.7. The molecule has 4 aromatic rings. The van der Waals surface area contributed by atoms with Gasteiger partial charge in [0, 0.05) is 92.3 Å². The van der Waals surface area contributed by atoms with Crippen molar-refractivity contribution in [3.63, 3.8) is 0 Å². The number of fused-ring (bicyclic) bond motifs is 6. The number of hydrogen-bond donors (Lipinski definition) is 2. The van der Waals surface area contributed by atoms with Gasteiger partial charge in [0.2, 0.25) is 11.8 Å². The van der Waals surface area contributed by atoms with Crippen LogP contribution < -0.4 is 10.7 Å². The lowest BCUT2D eigenvalue weighted by Gasteiger charge is -2.57. The molecule has 17 nitrogen and oxygen atoms in total. The van der Waals surface area contributed by atoms with Crippen LogP contribution >= 0.6 is 11.3 Å². The predicted molar refractivity (Wildman–Crippen MR) is 258 cm³/mol. The van der Waals surface area contributed by atoms with Gasteiger partial charge in [0.1, 0.15) is 23.7 Å². The Morgan fingerprint density at radius 1 is 1.13 bits per heavy atom. The molecule has 364 valence electrons. The number of nitrogens with one attached hydrogen (secondary N) is 2. The van der Waals surface area contributed by atoms with Crippen molar-refractivity contribution in [3.8, 4) is 22.5 Å². The maximum Gasteiger partial charge on any atom is 0.324 e. The van der Waals surface area contributed by atoms with Gasteiger partial charge in [-0.15, -0.1) is 11.3 Å². The number of likely N-dealkylation sites (N-methyl/N-ethyl adjacent to an activating group) is 1. The number of esters is 1. The first-order chi connectivity index (χ1) is 32.5. The molecule has 6 bridgehead atoms. The van der Waals surface area contributed by atoms with Gasteiger partial charge in [0.15, 0.2) is 0 Å². The second-order valence-electron chi connectivity index (χ2n) is 19.7. The Morgan fingerprint density at radius 3 is 2.63 bits per heavy atom. The van der Waals surface area contributed by atoms with Crippen molar-refractivity contribution in [1.82, 2.24) is 45.0 Å². The molecule has 0 saturated carbocycles. The van der Waals surface area contributed by atoms with Crippen molar-refractivity contribution >= 4 is 52.0 Å². The predicted octanol–water partition coefficient (Wildman–Crippen LogP) is 5.38. The van der Waals surface area contributed by atoms with Gasteiger partial charge >= 0.3 is 12.0 Å². The number of aromatic nitrogens is 3. The highest BCUT2D eigenvalue weighted by atomic mass is 32.1. The van der Waals surface area contributed by atoms with E-state index in [0.29, 0.717) is 63.6 Å². The van der Waals surface area contributed by atoms with Gasteiger partial charge in [-0.3, -0.25) is 29.2 Å². The van der Waals surface area contributed by atoms with E-state index in [1.807, 2.05) is 32.2 Å². The molecule has 4 aliphatic heterocycles. The number of ether oxygens (including phenoxy) is 3. The Balaban J connectivity index is 1.15. The molecule has 8 rings (SSSR count). The van der Waals surface area contributed by atoms with E-state index >= 15 is 0 Å². The molecule has 5 amide bonds. The molecule has 1 unspecified atom stereocenters. The molecule has 2 N–H and O–H groups in total. The van der Waals surface area contributed by atoms with Gasteiger partial charge in [0.25, 0.3) is 5.91 Å². The summed E-state index contributed by atoms with van der Waals surface area (Å²) in [6.07, 6.45) is 4.40. The number of nitrogens with zero attached hydrogens (tertiary/aromatic N) is 7. The van der Waals surface area contributed by atoms with E-state index in [2.05, 4.69) is 66.9 Å². The highest BCUT2D eigenvalue weighted by Crippen LogP contribution is 2.42. The van der Waals surface area contributed by atoms with Crippen molar-refractivity contribution in [3.05, 3.63) is 70.8 Å². The zero-order chi connectivity index (χ0) is 48.7. The highest BCUT2D eigenvalue weighted by molar-refractivity contribution is 7.10. The van der Waals surface area contributed by atoms with Gasteiger partial charge in [-0.25, -0.2) is 15.2 Å². The standard InChI is InChI=1S/C50H65N9O8S/c1-10-41(60)56-26-50(27-56)29-66-21-20-58(50)48(64)55(8)43(30(3)4)45(61)53-37-23-40-52-38(25-68-40)32-16-17-39-34(22-32)35(44(57(39)11-2)33-14-12-18-51-42(33)31(5)65-9)24-49(6,7)28-67-47(63)36-15-13-19-59(54-36)46(37)62/h10,12,14,16-18,22,25,30-31,36-37,43,54H,1,11,13,15,19-21,23-24,26-29H2,2-9H3,(H,53,61)/t31-,36-,37-,43?/m0/s1. The summed E-state index contributed by atoms with van der Waals surface area (Å²) in [4.78, 5) is 84.8. The SMILES string of the molecule is C=CC(=O)N1CC2(COCCN2C(=O)N(C)C(C(=O)N[C@H]2Cc3nc(cs3)-c3ccc4c(c3)c(c(-c3cccnc3[C@H](C)OC)n4CC)CC(C)(C)COC(=O)[C@@H]3CCCN(N3)C2=O)C(C)C)C1. The van der Waals surface area contributed by atoms with Gasteiger partial charge in [0.05, 0.1) is 48.0 Å². The molecule has 0 aliphatic carbocycles. The summed E-state index contributed by atoms with van der Waals surface area (Å²) >= 11 is 1.40. The Morgan fingerprint density at radius 2 is 1.91 bits per heavy atom. The number of benzene rings is 1. The second kappa shape index (κ2) is 19.7. The lowest BCUT2D eigenvalue weighted by atomic mass is 9.84. The fraction of sp³-hybridized carbons (Fsp3) is 0.540. The van der Waals surface area contributed by atoms with E-state index < -0.39 is 46.9 Å². The Bertz CT molecular complexity index is 2580. The van der Waals surface area contributed by atoms with Gasteiger partial charge in [-0.2, -0.15) is 0 Å². The molecule has 68 heavy (non-hydrogen) atoms. The first-order valence-corrected chi connectivity index (χ1v) is 24.5. The smallest absolute Gasteiger partial charge is 0.324 e. The van der Waals surface area contributed by atoms with Gasteiger partial charge < -0.3 is 38.8 Å². The molecule has 0 radical (unpaired) electrons. The molecule has 4 aliphatic rings. The third kappa shape index (κ3) is 9.39. The topological polar surface area (TPSA) is 181 Å². The Kier molecular flexibility index (Phi) is 14.1. The third-order valence-electron chi connectivity index (χ3n) is 13.9. The maximum atomic E-state index is 14.7. The van der Waals surface area contributed by atoms with Crippen LogP contribution in [0.3, 0.4) is 0 Å². The van der Waals surface area contributed by atoms with Crippen molar-refractivity contribution in [2.75, 3.05) is 60.2 Å². The molecule has 3 saturated heterocycles. The van der Waals surface area contributed by atoms with E-state index in [9.17, 15) is 24.0 Å². The molecular weight excluding hydrogens is 887 g/mol. The van der Waals surface area contributed by atoms with E-state index in [1.165, 1.54) is 27.3 Å². The molecule has 3 aromatic heterocycles. The maximum absolute atomic E-state index is 14.7. The molecule has 1 aromatic carbocycles. The summed E-state index contributed by atoms with van der Waals surface area (Å²) < 4.78 is 20.0. The Labute approximate surface area is 402 Å². The molecule has 7 heterocycles. The number of hydrogen-bond acceptors (Lipinski definition) is 12. The molecule has 3 fully saturated rings. The van der Waals surface area contributed by atoms with Crippen LogP contribution in [0.2, 0.25) is 0 Å². The zero-order valence-corrected chi connectivity index (χ0v) is 41.3. The molecular formula is C50H65N9O8S. The normalized spacial score (nSPS) is 21.5. The van der Waals surface area contributed by atoms with Gasteiger partial charge in [-0.1, -0.05) is 40.3 Å². The number of carbonyl (C=O) groups is 5. The number of amides is 5. The number of urea groups is 1. The van der Waals surface area contributed by atoms with Crippen LogP contribution in [0.5, 0.6) is 0 Å². The van der Waals surface area contributed by atoms with Crippen LogP contribution in [0.1, 0.15) is 76.8 Å². The number of cyclic esters (lactones) is 1. The average Bonchev–Trinajstić information content (AvgIpc) is 3.92. The van der Waals surface area contributed by atoms with Crippen LogP contribution in [-0.2, 0) is 52.8 Å². The van der Waals surface area contributed by atoms with Crippen LogP contribution in [0.4, 0.5) is 4.79 Å². The van der Waals surface area contributed by atoms with E-state index in [-0.39, 0.29) is 43.6 Å². The van der Waals surface area contributed by atoms with Crippen LogP contribution in [0, 0.1) is 11.3 Å². The monoisotopic (exact) mass is 951 g/mol. The average molecular weight is 952 g/mol. The first kappa shape index (κ1) is 48.8. The number of pyridine rings is 1. The van der Waals surface area contributed by atoms with Gasteiger partial charge in [-0.05, 0) is 74.9 Å². The number of likely N-dealkylation sites (tertiary alicyclic amines) is 1. The quantitative estimate of drug-likeness (QED) is 0.163. The summed E-state index contributed by atoms with van der Waals surface area (Å²) in [6.45, 7) is 18.2. The van der Waals surface area contributed by atoms with Crippen molar-refractivity contribution in [2.45, 2.75) is 104 Å². The summed E-state index contributed by atoms with van der Waals surface area (Å²) in [5.74, 6) is -1.98. The number of thiazole rings is 1. The van der Waals surface area contributed by atoms with Crippen LogP contribution in [0.25, 0.3) is 33.4 Å². The lowest BCUT2D eigenvalue weighted by Crippen LogP contribution is -2.77. The fourth-order valence-corrected chi connectivity index (χ4v) is 11.1. The van der Waals surface area contributed by atoms with E-state index in [1.54, 1.807) is 30.2 Å². The number of methoxy groups -OCH3 is 1. The summed E-state index contributed by atoms with van der Waals surface area (Å²) in [7, 11) is 3.28. The van der Waals surface area contributed by atoms with Crippen molar-refractivity contribution in [1.29, 1.82) is 0 Å². The van der Waals surface area contributed by atoms with Crippen molar-refractivity contribution in [2.24, 2.45) is 11.3 Å². The zero-order valence-electron chi connectivity index (χ0n) is 40.5. The summed E-state index contributed by atoms with van der Waals surface area (Å²) in [6, 6.07) is 7.15. The second-order valence-corrected chi connectivity index (χ2v) is 20.6. The summed E-state index contributed by atoms with van der Waals surface area (Å²) in [5, 5.41) is 8.10.